The van der Waals surface area contributed by atoms with Crippen LogP contribution in [0.3, 0.4) is 0 Å². The summed E-state index contributed by atoms with van der Waals surface area (Å²) in [5.41, 5.74) is -0.522. The van der Waals surface area contributed by atoms with Crippen LogP contribution in [0.25, 0.3) is 0 Å². The minimum absolute atomic E-state index is 0.0279. The van der Waals surface area contributed by atoms with Crippen molar-refractivity contribution in [3.8, 4) is 0 Å². The van der Waals surface area contributed by atoms with Crippen LogP contribution in [0.15, 0.2) is 38.6 Å². The topological polar surface area (TPSA) is 20.2 Å². The number of aliphatic hydroxyl groups is 1. The van der Waals surface area contributed by atoms with Crippen LogP contribution in [0.2, 0.25) is 0 Å². The highest BCUT2D eigenvalue weighted by molar-refractivity contribution is 9.10. The van der Waals surface area contributed by atoms with E-state index in [4.69, 9.17) is 0 Å². The van der Waals surface area contributed by atoms with Crippen LogP contribution in [0.4, 0.5) is 13.2 Å². The maximum Gasteiger partial charge on any atom is 0.417 e. The van der Waals surface area contributed by atoms with Crippen LogP contribution in [0, 0.1) is 0 Å². The molecular weight excluding hydrogens is 421 g/mol. The first-order chi connectivity index (χ1) is 9.27. The number of hydrogen-bond acceptors (Lipinski definition) is 2. The van der Waals surface area contributed by atoms with Crippen LogP contribution in [0.5, 0.6) is 0 Å². The van der Waals surface area contributed by atoms with Gasteiger partial charge in [-0.2, -0.15) is 13.2 Å². The van der Waals surface area contributed by atoms with Gasteiger partial charge in [0.1, 0.15) is 0 Å². The van der Waals surface area contributed by atoms with Gasteiger partial charge in [0, 0.05) is 25.6 Å². The van der Waals surface area contributed by atoms with E-state index < -0.39 is 17.8 Å². The van der Waals surface area contributed by atoms with Gasteiger partial charge >= 0.3 is 6.18 Å². The Labute approximate surface area is 134 Å². The fourth-order valence-corrected chi connectivity index (χ4v) is 3.70. The maximum atomic E-state index is 12.8. The molecule has 0 aliphatic rings. The Morgan fingerprint density at radius 1 is 1.20 bits per heavy atom. The zero-order valence-corrected chi connectivity index (χ0v) is 13.9. The van der Waals surface area contributed by atoms with Gasteiger partial charge in [0.2, 0.25) is 0 Å². The van der Waals surface area contributed by atoms with E-state index in [1.165, 1.54) is 23.5 Å². The monoisotopic (exact) mass is 428 g/mol. The van der Waals surface area contributed by atoms with E-state index in [1.54, 1.807) is 0 Å². The highest BCUT2D eigenvalue weighted by Crippen LogP contribution is 2.37. The Hall–Kier alpha value is -0.370. The summed E-state index contributed by atoms with van der Waals surface area (Å²) in [6, 6.07) is 5.63. The van der Waals surface area contributed by atoms with Gasteiger partial charge < -0.3 is 5.11 Å². The molecule has 0 fully saturated rings. The molecular formula is C13H9Br2F3OS. The smallest absolute Gasteiger partial charge is 0.388 e. The Kier molecular flexibility index (Phi) is 4.94. The predicted molar refractivity (Wildman–Crippen MR) is 79.8 cm³/mol. The number of hydrogen-bond donors (Lipinski definition) is 1. The van der Waals surface area contributed by atoms with E-state index in [-0.39, 0.29) is 16.5 Å². The van der Waals surface area contributed by atoms with Crippen molar-refractivity contribution in [3.63, 3.8) is 0 Å². The molecule has 0 saturated carbocycles. The second kappa shape index (κ2) is 6.17. The van der Waals surface area contributed by atoms with Crippen molar-refractivity contribution in [2.24, 2.45) is 0 Å². The zero-order valence-electron chi connectivity index (χ0n) is 9.92. The van der Waals surface area contributed by atoms with Gasteiger partial charge in [-0.1, -0.05) is 22.0 Å². The summed E-state index contributed by atoms with van der Waals surface area (Å²) in [4.78, 5) is 0.904. The van der Waals surface area contributed by atoms with E-state index in [0.29, 0.717) is 0 Å². The fourth-order valence-electron chi connectivity index (χ4n) is 1.74. The second-order valence-electron chi connectivity index (χ2n) is 4.19. The summed E-state index contributed by atoms with van der Waals surface area (Å²) in [6.07, 6.45) is -5.12. The predicted octanol–water partition coefficient (Wildman–Crippen LogP) is 5.57. The molecule has 1 aromatic carbocycles. The second-order valence-corrected chi connectivity index (χ2v) is 6.95. The van der Waals surface area contributed by atoms with Crippen molar-refractivity contribution >= 4 is 43.2 Å². The van der Waals surface area contributed by atoms with E-state index >= 15 is 0 Å². The van der Waals surface area contributed by atoms with Gasteiger partial charge in [-0.3, -0.25) is 0 Å². The molecule has 1 unspecified atom stereocenters. The Bertz CT molecular complexity index is 610. The van der Waals surface area contributed by atoms with Gasteiger partial charge in [-0.15, -0.1) is 11.3 Å². The van der Waals surface area contributed by atoms with E-state index in [1.807, 2.05) is 11.4 Å². The summed E-state index contributed by atoms with van der Waals surface area (Å²) in [5, 5.41) is 11.9. The van der Waals surface area contributed by atoms with E-state index in [2.05, 4.69) is 31.9 Å². The van der Waals surface area contributed by atoms with Crippen LogP contribution in [-0.4, -0.2) is 5.11 Å². The summed E-state index contributed by atoms with van der Waals surface area (Å²) >= 11 is 7.63. The summed E-state index contributed by atoms with van der Waals surface area (Å²) in [6.45, 7) is 0. The molecule has 7 heteroatoms. The number of alkyl halides is 3. The van der Waals surface area contributed by atoms with E-state index in [9.17, 15) is 18.3 Å². The van der Waals surface area contributed by atoms with Crippen molar-refractivity contribution in [2.45, 2.75) is 18.7 Å². The average molecular weight is 430 g/mol. The first-order valence-electron chi connectivity index (χ1n) is 5.55. The van der Waals surface area contributed by atoms with Crippen molar-refractivity contribution in [1.29, 1.82) is 0 Å². The largest absolute Gasteiger partial charge is 0.417 e. The molecule has 108 valence electrons. The van der Waals surface area contributed by atoms with Crippen molar-refractivity contribution < 1.29 is 18.3 Å². The molecule has 1 aromatic heterocycles. The Balaban J connectivity index is 2.24. The van der Waals surface area contributed by atoms with Crippen LogP contribution in [-0.2, 0) is 12.6 Å². The number of benzene rings is 1. The first-order valence-corrected chi connectivity index (χ1v) is 8.01. The van der Waals surface area contributed by atoms with E-state index in [0.717, 1.165) is 15.4 Å². The third kappa shape index (κ3) is 3.84. The standard InChI is InChI=1S/C13H9Br2F3OS/c14-8-4-9(20-6-8)5-12(19)7-1-2-11(15)10(3-7)13(16,17)18/h1-4,6,12,19H,5H2. The molecule has 2 aromatic rings. The molecule has 0 aliphatic heterocycles. The maximum absolute atomic E-state index is 12.8. The molecule has 0 aliphatic carbocycles. The zero-order chi connectivity index (χ0) is 14.9. The quantitative estimate of drug-likeness (QED) is 0.676. The lowest BCUT2D eigenvalue weighted by Crippen LogP contribution is -2.09. The van der Waals surface area contributed by atoms with Crippen LogP contribution in [0.1, 0.15) is 22.1 Å². The first kappa shape index (κ1) is 16.0. The van der Waals surface area contributed by atoms with Crippen molar-refractivity contribution in [2.75, 3.05) is 0 Å². The van der Waals surface area contributed by atoms with Gasteiger partial charge in [0.05, 0.1) is 11.7 Å². The molecule has 20 heavy (non-hydrogen) atoms. The number of thiophene rings is 1. The highest BCUT2D eigenvalue weighted by atomic mass is 79.9. The normalized spacial score (nSPS) is 13.5. The summed E-state index contributed by atoms with van der Waals surface area (Å²) in [7, 11) is 0. The summed E-state index contributed by atoms with van der Waals surface area (Å²) < 4.78 is 39.3. The minimum Gasteiger partial charge on any atom is -0.388 e. The molecule has 1 atom stereocenters. The van der Waals surface area contributed by atoms with Gasteiger partial charge in [0.25, 0.3) is 0 Å². The molecule has 1 nitrogen and oxygen atoms in total. The Morgan fingerprint density at radius 3 is 2.45 bits per heavy atom. The number of rotatable bonds is 3. The van der Waals surface area contributed by atoms with Gasteiger partial charge in [-0.05, 0) is 39.7 Å². The fraction of sp³-hybridized carbons (Fsp3) is 0.231. The lowest BCUT2D eigenvalue weighted by molar-refractivity contribution is -0.138. The van der Waals surface area contributed by atoms with Gasteiger partial charge in [0.15, 0.2) is 0 Å². The van der Waals surface area contributed by atoms with Crippen LogP contribution >= 0.6 is 43.2 Å². The lowest BCUT2D eigenvalue weighted by atomic mass is 10.0. The molecule has 0 amide bonds. The SMILES string of the molecule is OC(Cc1cc(Br)cs1)c1ccc(Br)c(C(F)(F)F)c1. The number of aliphatic hydroxyl groups excluding tert-OH is 1. The lowest BCUT2D eigenvalue weighted by Gasteiger charge is -2.14. The Morgan fingerprint density at radius 2 is 1.90 bits per heavy atom. The third-order valence-corrected chi connectivity index (χ3v) is 5.11. The molecule has 1 heterocycles. The number of halogens is 5. The average Bonchev–Trinajstić information content (AvgIpc) is 2.73. The van der Waals surface area contributed by atoms with Crippen LogP contribution < -0.4 is 0 Å². The third-order valence-electron chi connectivity index (χ3n) is 2.70. The van der Waals surface area contributed by atoms with Crippen molar-refractivity contribution in [1.82, 2.24) is 0 Å². The highest BCUT2D eigenvalue weighted by Gasteiger charge is 2.33. The van der Waals surface area contributed by atoms with Crippen molar-refractivity contribution in [3.05, 3.63) is 54.6 Å². The molecule has 2 rings (SSSR count). The molecule has 0 spiro atoms. The molecule has 1 N–H and O–H groups in total. The summed E-state index contributed by atoms with van der Waals surface area (Å²) in [5.74, 6) is 0. The molecule has 0 saturated heterocycles. The minimum atomic E-state index is -4.44. The van der Waals surface area contributed by atoms with Gasteiger partial charge in [-0.25, -0.2) is 0 Å². The molecule has 0 bridgehead atoms. The molecule has 0 radical (unpaired) electrons.